The molecular formula is C17H19FN4O3. The summed E-state index contributed by atoms with van der Waals surface area (Å²) in [7, 11) is 0. The number of aromatic nitrogens is 3. The Kier molecular flexibility index (Phi) is 4.52. The Hall–Kier alpha value is -2.77. The highest BCUT2D eigenvalue weighted by atomic mass is 19.1. The van der Waals surface area contributed by atoms with E-state index in [0.29, 0.717) is 30.9 Å². The molecule has 25 heavy (non-hydrogen) atoms. The Morgan fingerprint density at radius 1 is 1.36 bits per heavy atom. The van der Waals surface area contributed by atoms with E-state index >= 15 is 0 Å². The second-order valence-electron chi connectivity index (χ2n) is 6.33. The van der Waals surface area contributed by atoms with Gasteiger partial charge in [0.1, 0.15) is 17.7 Å². The molecule has 1 N–H and O–H groups in total. The summed E-state index contributed by atoms with van der Waals surface area (Å²) in [4.78, 5) is 29.6. The van der Waals surface area contributed by atoms with Crippen LogP contribution in [-0.2, 0) is 4.79 Å². The van der Waals surface area contributed by atoms with Gasteiger partial charge in [0.15, 0.2) is 0 Å². The van der Waals surface area contributed by atoms with E-state index in [-0.39, 0.29) is 11.7 Å². The molecule has 0 saturated carbocycles. The van der Waals surface area contributed by atoms with Gasteiger partial charge in [-0.1, -0.05) is 19.9 Å². The van der Waals surface area contributed by atoms with Crippen LogP contribution in [0.4, 0.5) is 4.39 Å². The molecule has 2 aromatic rings. The van der Waals surface area contributed by atoms with Gasteiger partial charge in [0.2, 0.25) is 5.82 Å². The van der Waals surface area contributed by atoms with Crippen LogP contribution in [0.25, 0.3) is 5.69 Å². The third kappa shape index (κ3) is 3.24. The molecule has 1 aliphatic heterocycles. The van der Waals surface area contributed by atoms with E-state index < -0.39 is 23.7 Å². The number of aliphatic carboxylic acids is 1. The van der Waals surface area contributed by atoms with E-state index in [4.69, 9.17) is 0 Å². The molecule has 8 heteroatoms. The average Bonchev–Trinajstić information content (AvgIpc) is 3.21. The number of carbonyl (C=O) groups excluding carboxylic acids is 1. The Balaban J connectivity index is 1.99. The Bertz CT molecular complexity index is 818. The normalized spacial score (nSPS) is 17.3. The maximum atomic E-state index is 13.5. The zero-order valence-electron chi connectivity index (χ0n) is 14.0. The van der Waals surface area contributed by atoms with Gasteiger partial charge < -0.3 is 10.0 Å². The first-order valence-corrected chi connectivity index (χ1v) is 8.15. The van der Waals surface area contributed by atoms with Crippen LogP contribution in [-0.4, -0.2) is 49.2 Å². The van der Waals surface area contributed by atoms with Crippen molar-refractivity contribution in [1.82, 2.24) is 19.7 Å². The summed E-state index contributed by atoms with van der Waals surface area (Å²) in [5.41, 5.74) is 0.464. The number of carboxylic acid groups (broad SMARTS) is 1. The molecule has 2 heterocycles. The molecule has 0 spiro atoms. The summed E-state index contributed by atoms with van der Waals surface area (Å²) < 4.78 is 15.0. The summed E-state index contributed by atoms with van der Waals surface area (Å²) >= 11 is 0. The van der Waals surface area contributed by atoms with Crippen LogP contribution < -0.4 is 0 Å². The highest BCUT2D eigenvalue weighted by Gasteiger charge is 2.36. The quantitative estimate of drug-likeness (QED) is 0.917. The molecule has 1 amide bonds. The first kappa shape index (κ1) is 17.1. The van der Waals surface area contributed by atoms with Gasteiger partial charge in [-0.15, -0.1) is 5.10 Å². The molecule has 7 nitrogen and oxygen atoms in total. The minimum atomic E-state index is -1.03. The van der Waals surface area contributed by atoms with Gasteiger partial charge in [0.25, 0.3) is 5.91 Å². The van der Waals surface area contributed by atoms with Crippen LogP contribution in [0.15, 0.2) is 24.3 Å². The zero-order valence-corrected chi connectivity index (χ0v) is 14.0. The largest absolute Gasteiger partial charge is 0.480 e. The fourth-order valence-electron chi connectivity index (χ4n) is 2.98. The number of likely N-dealkylation sites (tertiary alicyclic amines) is 1. The fraction of sp³-hybridized carbons (Fsp3) is 0.412. The van der Waals surface area contributed by atoms with Gasteiger partial charge in [-0.2, -0.15) is 0 Å². The Morgan fingerprint density at radius 2 is 2.12 bits per heavy atom. The zero-order chi connectivity index (χ0) is 18.1. The number of benzene rings is 1. The molecule has 1 fully saturated rings. The maximum absolute atomic E-state index is 13.5. The van der Waals surface area contributed by atoms with Crippen molar-refractivity contribution in [2.24, 2.45) is 0 Å². The second kappa shape index (κ2) is 6.62. The number of carboxylic acids is 1. The van der Waals surface area contributed by atoms with E-state index in [0.717, 1.165) is 0 Å². The van der Waals surface area contributed by atoms with Crippen molar-refractivity contribution in [3.63, 3.8) is 0 Å². The summed E-state index contributed by atoms with van der Waals surface area (Å²) in [6, 6.07) is 5.01. The number of halogens is 1. The van der Waals surface area contributed by atoms with Crippen LogP contribution >= 0.6 is 0 Å². The highest BCUT2D eigenvalue weighted by Crippen LogP contribution is 2.22. The molecule has 132 valence electrons. The summed E-state index contributed by atoms with van der Waals surface area (Å²) in [5.74, 6) is -1.56. The van der Waals surface area contributed by atoms with Gasteiger partial charge in [0.05, 0.1) is 5.69 Å². The summed E-state index contributed by atoms with van der Waals surface area (Å²) in [6.07, 6.45) is 1.05. The number of hydrogen-bond acceptors (Lipinski definition) is 4. The molecule has 1 aliphatic rings. The molecule has 1 aromatic carbocycles. The number of amides is 1. The van der Waals surface area contributed by atoms with Crippen molar-refractivity contribution in [2.45, 2.75) is 38.6 Å². The summed E-state index contributed by atoms with van der Waals surface area (Å²) in [5, 5.41) is 13.5. The predicted octanol–water partition coefficient (Wildman–Crippen LogP) is 2.22. The standard InChI is InChI=1S/C17H19FN4O3/c1-10(2)15-19-14(16(23)21-8-4-7-13(21)17(24)25)20-22(15)12-6-3-5-11(18)9-12/h3,5-6,9-10,13H,4,7-8H2,1-2H3,(H,24,25). The van der Waals surface area contributed by atoms with E-state index in [1.165, 1.54) is 21.7 Å². The minimum absolute atomic E-state index is 0.0498. The molecular weight excluding hydrogens is 327 g/mol. The third-order valence-corrected chi connectivity index (χ3v) is 4.19. The lowest BCUT2D eigenvalue weighted by molar-refractivity contribution is -0.141. The lowest BCUT2D eigenvalue weighted by atomic mass is 10.2. The number of carbonyl (C=O) groups is 2. The van der Waals surface area contributed by atoms with E-state index in [1.54, 1.807) is 12.1 Å². The van der Waals surface area contributed by atoms with Gasteiger partial charge >= 0.3 is 5.97 Å². The van der Waals surface area contributed by atoms with Gasteiger partial charge in [-0.3, -0.25) is 4.79 Å². The van der Waals surface area contributed by atoms with Gasteiger partial charge in [-0.25, -0.2) is 18.9 Å². The number of rotatable bonds is 4. The lowest BCUT2D eigenvalue weighted by Gasteiger charge is -2.19. The van der Waals surface area contributed by atoms with Crippen molar-refractivity contribution < 1.29 is 19.1 Å². The van der Waals surface area contributed by atoms with Crippen LogP contribution in [0.3, 0.4) is 0 Å². The maximum Gasteiger partial charge on any atom is 0.326 e. The third-order valence-electron chi connectivity index (χ3n) is 4.19. The molecule has 1 saturated heterocycles. The molecule has 1 atom stereocenters. The van der Waals surface area contributed by atoms with E-state index in [1.807, 2.05) is 13.8 Å². The van der Waals surface area contributed by atoms with Crippen molar-refractivity contribution in [1.29, 1.82) is 0 Å². The van der Waals surface area contributed by atoms with Crippen LogP contribution in [0.1, 0.15) is 49.1 Å². The second-order valence-corrected chi connectivity index (χ2v) is 6.33. The first-order valence-electron chi connectivity index (χ1n) is 8.15. The van der Waals surface area contributed by atoms with E-state index in [2.05, 4.69) is 10.1 Å². The molecule has 3 rings (SSSR count). The molecule has 0 aliphatic carbocycles. The van der Waals surface area contributed by atoms with Crippen LogP contribution in [0, 0.1) is 5.82 Å². The van der Waals surface area contributed by atoms with Crippen molar-refractivity contribution in [3.05, 3.63) is 41.7 Å². The Morgan fingerprint density at radius 3 is 2.76 bits per heavy atom. The monoisotopic (exact) mass is 346 g/mol. The smallest absolute Gasteiger partial charge is 0.326 e. The predicted molar refractivity (Wildman–Crippen MR) is 87.1 cm³/mol. The number of hydrogen-bond donors (Lipinski definition) is 1. The van der Waals surface area contributed by atoms with Crippen molar-refractivity contribution >= 4 is 11.9 Å². The van der Waals surface area contributed by atoms with E-state index in [9.17, 15) is 19.1 Å². The fourth-order valence-corrected chi connectivity index (χ4v) is 2.98. The SMILES string of the molecule is CC(C)c1nc(C(=O)N2CCCC2C(=O)O)nn1-c1cccc(F)c1. The van der Waals surface area contributed by atoms with Crippen LogP contribution in [0.5, 0.6) is 0 Å². The van der Waals surface area contributed by atoms with Crippen LogP contribution in [0.2, 0.25) is 0 Å². The van der Waals surface area contributed by atoms with Gasteiger partial charge in [0, 0.05) is 12.5 Å². The average molecular weight is 346 g/mol. The van der Waals surface area contributed by atoms with Gasteiger partial charge in [-0.05, 0) is 31.0 Å². The minimum Gasteiger partial charge on any atom is -0.480 e. The topological polar surface area (TPSA) is 88.3 Å². The molecule has 0 radical (unpaired) electrons. The first-order chi connectivity index (χ1) is 11.9. The Labute approximate surface area is 144 Å². The molecule has 0 bridgehead atoms. The molecule has 1 unspecified atom stereocenters. The van der Waals surface area contributed by atoms with Crippen molar-refractivity contribution in [3.8, 4) is 5.69 Å². The molecule has 1 aromatic heterocycles. The number of nitrogens with zero attached hydrogens (tertiary/aromatic N) is 4. The van der Waals surface area contributed by atoms with Crippen molar-refractivity contribution in [2.75, 3.05) is 6.54 Å². The summed E-state index contributed by atoms with van der Waals surface area (Å²) in [6.45, 7) is 4.15. The highest BCUT2D eigenvalue weighted by molar-refractivity contribution is 5.94. The lowest BCUT2D eigenvalue weighted by Crippen LogP contribution is -2.40.